The van der Waals surface area contributed by atoms with E-state index in [4.69, 9.17) is 0 Å². The van der Waals surface area contributed by atoms with E-state index in [1.165, 1.54) is 12.8 Å². The molecule has 1 saturated heterocycles. The van der Waals surface area contributed by atoms with Crippen molar-refractivity contribution in [3.8, 4) is 0 Å². The highest BCUT2D eigenvalue weighted by Gasteiger charge is 2.44. The first-order chi connectivity index (χ1) is 15.2. The van der Waals surface area contributed by atoms with Crippen LogP contribution in [0.4, 0.5) is 10.1 Å². The van der Waals surface area contributed by atoms with Crippen molar-refractivity contribution >= 4 is 16.7 Å². The van der Waals surface area contributed by atoms with E-state index in [2.05, 4.69) is 20.9 Å². The molecule has 6 rings (SSSR count). The van der Waals surface area contributed by atoms with Crippen LogP contribution in [0.3, 0.4) is 0 Å². The van der Waals surface area contributed by atoms with Crippen LogP contribution in [0.15, 0.2) is 53.3 Å². The summed E-state index contributed by atoms with van der Waals surface area (Å²) in [6.45, 7) is 4.16. The van der Waals surface area contributed by atoms with Crippen LogP contribution < -0.4 is 10.6 Å². The number of anilines is 1. The van der Waals surface area contributed by atoms with Crippen LogP contribution >= 0.6 is 0 Å². The van der Waals surface area contributed by atoms with Crippen LogP contribution in [-0.2, 0) is 0 Å². The van der Waals surface area contributed by atoms with Crippen molar-refractivity contribution in [2.75, 3.05) is 31.1 Å². The highest BCUT2D eigenvalue weighted by molar-refractivity contribution is 5.75. The maximum Gasteiger partial charge on any atom is 0.326 e. The number of para-hydroxylation sites is 2. The number of hydrogen-bond donors (Lipinski definition) is 1. The van der Waals surface area contributed by atoms with Gasteiger partial charge in [0.25, 0.3) is 0 Å². The lowest BCUT2D eigenvalue weighted by Crippen LogP contribution is -2.50. The van der Waals surface area contributed by atoms with Crippen molar-refractivity contribution in [3.63, 3.8) is 0 Å². The smallest absolute Gasteiger partial charge is 0.326 e. The van der Waals surface area contributed by atoms with Gasteiger partial charge in [0.2, 0.25) is 0 Å². The number of nitrogens with zero attached hydrogens (tertiary/aromatic N) is 3. The third-order valence-electron chi connectivity index (χ3n) is 7.98. The van der Waals surface area contributed by atoms with Gasteiger partial charge in [-0.2, -0.15) is 0 Å². The van der Waals surface area contributed by atoms with E-state index in [9.17, 15) is 9.18 Å². The zero-order chi connectivity index (χ0) is 20.9. The molecule has 3 fully saturated rings. The number of rotatable bonds is 3. The van der Waals surface area contributed by atoms with Crippen LogP contribution in [-0.4, -0.2) is 46.7 Å². The van der Waals surface area contributed by atoms with Crippen LogP contribution in [0.5, 0.6) is 0 Å². The number of hydrogen-bond acceptors (Lipinski definition) is 3. The Balaban J connectivity index is 1.08. The van der Waals surface area contributed by atoms with E-state index >= 15 is 0 Å². The summed E-state index contributed by atoms with van der Waals surface area (Å²) in [5.74, 6) is 1.28. The average Bonchev–Trinajstić information content (AvgIpc) is 3.44. The predicted molar refractivity (Wildman–Crippen MR) is 121 cm³/mol. The summed E-state index contributed by atoms with van der Waals surface area (Å²) in [6, 6.07) is 15.9. The van der Waals surface area contributed by atoms with Gasteiger partial charge in [0, 0.05) is 44.0 Å². The van der Waals surface area contributed by atoms with Gasteiger partial charge in [-0.25, -0.2) is 9.18 Å². The van der Waals surface area contributed by atoms with Crippen molar-refractivity contribution in [1.29, 1.82) is 0 Å². The minimum absolute atomic E-state index is 0.0413. The Morgan fingerprint density at radius 2 is 1.45 bits per heavy atom. The molecule has 6 heteroatoms. The molecule has 0 bridgehead atoms. The maximum absolute atomic E-state index is 13.2. The molecule has 162 valence electrons. The molecule has 2 unspecified atom stereocenters. The quantitative estimate of drug-likeness (QED) is 0.696. The van der Waals surface area contributed by atoms with E-state index in [1.54, 1.807) is 12.1 Å². The number of aromatic nitrogens is 2. The molecule has 5 nitrogen and oxygen atoms in total. The van der Waals surface area contributed by atoms with Gasteiger partial charge in [-0.05, 0) is 73.9 Å². The Morgan fingerprint density at radius 1 is 0.806 bits per heavy atom. The molecule has 2 aliphatic carbocycles. The number of fused-ring (bicyclic) bond motifs is 2. The fourth-order valence-electron chi connectivity index (χ4n) is 6.50. The third kappa shape index (κ3) is 3.37. The second-order valence-corrected chi connectivity index (χ2v) is 9.59. The van der Waals surface area contributed by atoms with Crippen LogP contribution in [0.2, 0.25) is 0 Å². The molecule has 2 saturated carbocycles. The molecular formula is C25H29FN4O. The number of imidazole rings is 1. The minimum Gasteiger partial charge on any atom is -0.369 e. The van der Waals surface area contributed by atoms with Crippen LogP contribution in [0.1, 0.15) is 31.7 Å². The normalized spacial score (nSPS) is 29.0. The van der Waals surface area contributed by atoms with E-state index < -0.39 is 0 Å². The molecule has 3 aliphatic rings. The van der Waals surface area contributed by atoms with Gasteiger partial charge in [-0.1, -0.05) is 12.1 Å². The molecule has 2 heterocycles. The monoisotopic (exact) mass is 420 g/mol. The van der Waals surface area contributed by atoms with E-state index in [0.717, 1.165) is 67.6 Å². The van der Waals surface area contributed by atoms with Gasteiger partial charge in [-0.15, -0.1) is 0 Å². The first-order valence-electron chi connectivity index (χ1n) is 11.6. The molecule has 2 atom stereocenters. The predicted octanol–water partition coefficient (Wildman–Crippen LogP) is 4.02. The van der Waals surface area contributed by atoms with Crippen molar-refractivity contribution < 1.29 is 4.39 Å². The number of aromatic amines is 1. The topological polar surface area (TPSA) is 44.3 Å². The number of H-pyrrole nitrogens is 1. The molecule has 0 radical (unpaired) electrons. The van der Waals surface area contributed by atoms with Crippen molar-refractivity contribution in [1.82, 2.24) is 14.5 Å². The third-order valence-corrected chi connectivity index (χ3v) is 7.98. The molecule has 3 aromatic rings. The highest BCUT2D eigenvalue weighted by Crippen LogP contribution is 2.50. The summed E-state index contributed by atoms with van der Waals surface area (Å²) < 4.78 is 15.2. The summed E-state index contributed by atoms with van der Waals surface area (Å²) in [6.07, 6.45) is 4.76. The molecule has 1 N–H and O–H groups in total. The van der Waals surface area contributed by atoms with Gasteiger partial charge < -0.3 is 9.88 Å². The first kappa shape index (κ1) is 19.1. The fourth-order valence-corrected chi connectivity index (χ4v) is 6.50. The standard InChI is InChI=1S/C25H29FN4O/c26-19-5-7-20(8-6-19)28-9-11-29(12-10-28)21-13-17-15-22(16-18(17)14-21)30-24-4-2-1-3-23(24)27-25(30)31/h1-8,17-18,21-22H,9-16H2,(H,27,31). The highest BCUT2D eigenvalue weighted by atomic mass is 19.1. The lowest BCUT2D eigenvalue weighted by molar-refractivity contribution is 0.177. The van der Waals surface area contributed by atoms with E-state index in [1.807, 2.05) is 34.9 Å². The van der Waals surface area contributed by atoms with Crippen LogP contribution in [0.25, 0.3) is 11.0 Å². The average molecular weight is 421 g/mol. The van der Waals surface area contributed by atoms with Gasteiger partial charge in [0.15, 0.2) is 0 Å². The molecular weight excluding hydrogens is 391 g/mol. The lowest BCUT2D eigenvalue weighted by atomic mass is 10.0. The zero-order valence-corrected chi connectivity index (χ0v) is 17.7. The SMILES string of the molecule is O=c1[nH]c2ccccc2n1C1CC2CC(N3CCN(c4ccc(F)cc4)CC3)CC2C1. The summed E-state index contributed by atoms with van der Waals surface area (Å²) in [5, 5.41) is 0. The van der Waals surface area contributed by atoms with E-state index in [0.29, 0.717) is 12.1 Å². The number of benzene rings is 2. The molecule has 1 aromatic heterocycles. The Labute approximate surface area is 181 Å². The fraction of sp³-hybridized carbons (Fsp3) is 0.480. The number of piperazine rings is 1. The molecule has 1 aliphatic heterocycles. The molecule has 0 spiro atoms. The van der Waals surface area contributed by atoms with Crippen molar-refractivity contribution in [3.05, 3.63) is 64.8 Å². The first-order valence-corrected chi connectivity index (χ1v) is 11.6. The van der Waals surface area contributed by atoms with Gasteiger partial charge in [0.1, 0.15) is 5.82 Å². The largest absolute Gasteiger partial charge is 0.369 e. The summed E-state index contributed by atoms with van der Waals surface area (Å²) in [5.41, 5.74) is 3.16. The number of nitrogens with one attached hydrogen (secondary N) is 1. The Morgan fingerprint density at radius 3 is 2.16 bits per heavy atom. The number of halogens is 1. The maximum atomic E-state index is 13.2. The summed E-state index contributed by atoms with van der Waals surface area (Å²) in [4.78, 5) is 20.7. The zero-order valence-electron chi connectivity index (χ0n) is 17.7. The molecule has 31 heavy (non-hydrogen) atoms. The second kappa shape index (κ2) is 7.52. The summed E-state index contributed by atoms with van der Waals surface area (Å²) >= 11 is 0. The Bertz CT molecular complexity index is 1110. The Kier molecular flexibility index (Phi) is 4.64. The summed E-state index contributed by atoms with van der Waals surface area (Å²) in [7, 11) is 0. The van der Waals surface area contributed by atoms with Crippen LogP contribution in [0, 0.1) is 17.7 Å². The molecule has 0 amide bonds. The minimum atomic E-state index is -0.173. The van der Waals surface area contributed by atoms with E-state index in [-0.39, 0.29) is 11.5 Å². The Hall–Kier alpha value is -2.60. The molecule has 2 aromatic carbocycles. The van der Waals surface area contributed by atoms with Crippen molar-refractivity contribution in [2.24, 2.45) is 11.8 Å². The van der Waals surface area contributed by atoms with Gasteiger partial charge >= 0.3 is 5.69 Å². The van der Waals surface area contributed by atoms with Crippen molar-refractivity contribution in [2.45, 2.75) is 37.8 Å². The van der Waals surface area contributed by atoms with Gasteiger partial charge in [0.05, 0.1) is 11.0 Å². The lowest BCUT2D eigenvalue weighted by Gasteiger charge is -2.39. The second-order valence-electron chi connectivity index (χ2n) is 9.59. The van der Waals surface area contributed by atoms with Gasteiger partial charge in [-0.3, -0.25) is 9.47 Å².